The minimum Gasteiger partial charge on any atom is -0.427 e. The van der Waals surface area contributed by atoms with Crippen LogP contribution in [0.25, 0.3) is 0 Å². The molecule has 0 spiro atoms. The predicted octanol–water partition coefficient (Wildman–Crippen LogP) is 3.15. The highest BCUT2D eigenvalue weighted by molar-refractivity contribution is 6.04. The number of hydrogen-bond acceptors (Lipinski definition) is 4. The zero-order valence-electron chi connectivity index (χ0n) is 14.3. The van der Waals surface area contributed by atoms with E-state index in [9.17, 15) is 9.59 Å². The zero-order valence-corrected chi connectivity index (χ0v) is 14.3. The van der Waals surface area contributed by atoms with Gasteiger partial charge in [-0.25, -0.2) is 4.79 Å². The Bertz CT molecular complexity index is 774. The maximum atomic E-state index is 12.4. The van der Waals surface area contributed by atoms with Crippen LogP contribution in [0, 0.1) is 13.8 Å². The number of anilines is 1. The van der Waals surface area contributed by atoms with Crippen molar-refractivity contribution in [2.45, 2.75) is 46.5 Å². The zero-order chi connectivity index (χ0) is 17.1. The summed E-state index contributed by atoms with van der Waals surface area (Å²) >= 11 is 0. The minimum atomic E-state index is -0.598. The molecule has 0 aliphatic carbocycles. The van der Waals surface area contributed by atoms with Crippen molar-refractivity contribution >= 4 is 11.7 Å². The van der Waals surface area contributed by atoms with Crippen molar-refractivity contribution in [3.05, 3.63) is 45.1 Å². The Labute approximate surface area is 135 Å². The monoisotopic (exact) mass is 317 g/mol. The van der Waals surface area contributed by atoms with Crippen molar-refractivity contribution in [1.29, 1.82) is 0 Å². The van der Waals surface area contributed by atoms with E-state index in [0.29, 0.717) is 17.1 Å². The highest BCUT2D eigenvalue weighted by Crippen LogP contribution is 2.21. The van der Waals surface area contributed by atoms with E-state index in [0.717, 1.165) is 18.5 Å². The number of hydrogen-bond donors (Lipinski definition) is 1. The van der Waals surface area contributed by atoms with Gasteiger partial charge in [0.1, 0.15) is 17.1 Å². The van der Waals surface area contributed by atoms with Gasteiger partial charge in [0, 0.05) is 19.0 Å². The number of rotatable bonds is 5. The van der Waals surface area contributed by atoms with Crippen LogP contribution in [0.5, 0.6) is 0 Å². The molecule has 0 aliphatic rings. The molecule has 1 atom stereocenters. The lowest BCUT2D eigenvalue weighted by Gasteiger charge is -2.11. The molecule has 1 amide bonds. The molecule has 0 radical (unpaired) electrons. The van der Waals surface area contributed by atoms with E-state index in [2.05, 4.69) is 17.3 Å². The third-order valence-corrected chi connectivity index (χ3v) is 3.85. The molecular weight excluding hydrogens is 294 g/mol. The van der Waals surface area contributed by atoms with E-state index in [1.54, 1.807) is 30.8 Å². The first-order valence-corrected chi connectivity index (χ1v) is 7.80. The number of aromatic nitrogens is 2. The van der Waals surface area contributed by atoms with E-state index < -0.39 is 11.5 Å². The van der Waals surface area contributed by atoms with Gasteiger partial charge < -0.3 is 9.73 Å². The Hall–Kier alpha value is -2.37. The number of carbonyl (C=O) groups excluding carboxylic acids is 1. The predicted molar refractivity (Wildman–Crippen MR) is 88.9 cm³/mol. The molecule has 0 saturated carbocycles. The molecule has 0 bridgehead atoms. The molecule has 1 unspecified atom stereocenters. The topological polar surface area (TPSA) is 77.1 Å². The number of carbonyl (C=O) groups is 1. The van der Waals surface area contributed by atoms with Crippen molar-refractivity contribution in [3.8, 4) is 0 Å². The van der Waals surface area contributed by atoms with Crippen molar-refractivity contribution in [2.24, 2.45) is 7.05 Å². The highest BCUT2D eigenvalue weighted by atomic mass is 16.4. The lowest BCUT2D eigenvalue weighted by Crippen LogP contribution is -2.24. The fraction of sp³-hybridized carbons (Fsp3) is 0.471. The molecule has 23 heavy (non-hydrogen) atoms. The second kappa shape index (κ2) is 6.81. The molecule has 2 heterocycles. The first-order valence-electron chi connectivity index (χ1n) is 7.80. The lowest BCUT2D eigenvalue weighted by atomic mass is 10.0. The Kier molecular flexibility index (Phi) is 5.03. The number of amides is 1. The molecule has 1 N–H and O–H groups in total. The molecule has 2 aromatic rings. The summed E-state index contributed by atoms with van der Waals surface area (Å²) in [5.41, 5.74) is 0.849. The lowest BCUT2D eigenvalue weighted by molar-refractivity contribution is 0.102. The van der Waals surface area contributed by atoms with Crippen LogP contribution >= 0.6 is 0 Å². The van der Waals surface area contributed by atoms with Crippen LogP contribution in [0.2, 0.25) is 0 Å². The second-order valence-corrected chi connectivity index (χ2v) is 5.93. The van der Waals surface area contributed by atoms with Crippen molar-refractivity contribution in [1.82, 2.24) is 9.78 Å². The molecular formula is C17H23N3O3. The van der Waals surface area contributed by atoms with Gasteiger partial charge in [0.25, 0.3) is 5.91 Å². The normalized spacial score (nSPS) is 12.2. The van der Waals surface area contributed by atoms with Crippen LogP contribution in [0.15, 0.2) is 21.3 Å². The van der Waals surface area contributed by atoms with Crippen molar-refractivity contribution in [2.75, 3.05) is 5.32 Å². The summed E-state index contributed by atoms with van der Waals surface area (Å²) in [6, 6.07) is 3.53. The SMILES string of the molecule is CCCC(C)c1cc(C)c(C(=O)Nc2cc(C)nn2C)c(=O)o1. The molecule has 0 fully saturated rings. The number of aryl methyl sites for hydroxylation is 3. The molecule has 6 nitrogen and oxygen atoms in total. The summed E-state index contributed by atoms with van der Waals surface area (Å²) in [7, 11) is 1.73. The van der Waals surface area contributed by atoms with Crippen LogP contribution in [0.3, 0.4) is 0 Å². The maximum Gasteiger partial charge on any atom is 0.349 e. The van der Waals surface area contributed by atoms with Crippen LogP contribution in [0.4, 0.5) is 5.82 Å². The van der Waals surface area contributed by atoms with Crippen LogP contribution in [-0.2, 0) is 7.05 Å². The first-order chi connectivity index (χ1) is 10.8. The molecule has 124 valence electrons. The van der Waals surface area contributed by atoms with Crippen LogP contribution < -0.4 is 10.9 Å². The average molecular weight is 317 g/mol. The molecule has 0 aromatic carbocycles. The van der Waals surface area contributed by atoms with Gasteiger partial charge in [-0.15, -0.1) is 0 Å². The standard InChI is InChI=1S/C17H23N3O3/c1-6-7-10(2)13-8-11(3)15(17(22)23-13)16(21)18-14-9-12(4)19-20(14)5/h8-10H,6-7H2,1-5H3,(H,18,21). The van der Waals surface area contributed by atoms with Crippen LogP contribution in [0.1, 0.15) is 60.0 Å². The minimum absolute atomic E-state index is 0.0382. The largest absolute Gasteiger partial charge is 0.427 e. The Morgan fingerprint density at radius 3 is 2.61 bits per heavy atom. The van der Waals surface area contributed by atoms with E-state index in [4.69, 9.17) is 4.42 Å². The molecule has 2 rings (SSSR count). The Morgan fingerprint density at radius 1 is 1.39 bits per heavy atom. The van der Waals surface area contributed by atoms with Gasteiger partial charge in [-0.1, -0.05) is 20.3 Å². The summed E-state index contributed by atoms with van der Waals surface area (Å²) in [5, 5.41) is 6.87. The van der Waals surface area contributed by atoms with E-state index in [1.165, 1.54) is 0 Å². The van der Waals surface area contributed by atoms with E-state index in [1.807, 2.05) is 13.8 Å². The summed E-state index contributed by atoms with van der Waals surface area (Å²) in [5.74, 6) is 0.842. The van der Waals surface area contributed by atoms with Gasteiger partial charge in [0.2, 0.25) is 0 Å². The molecule has 0 aliphatic heterocycles. The summed E-state index contributed by atoms with van der Waals surface area (Å²) in [4.78, 5) is 24.7. The number of nitrogens with zero attached hydrogens (tertiary/aromatic N) is 2. The first kappa shape index (κ1) is 17.0. The molecule has 0 saturated heterocycles. The Morgan fingerprint density at radius 2 is 2.09 bits per heavy atom. The van der Waals surface area contributed by atoms with E-state index in [-0.39, 0.29) is 11.5 Å². The van der Waals surface area contributed by atoms with Gasteiger partial charge >= 0.3 is 5.63 Å². The third kappa shape index (κ3) is 3.70. The maximum absolute atomic E-state index is 12.4. The van der Waals surface area contributed by atoms with Gasteiger partial charge in [0.05, 0.1) is 5.69 Å². The van der Waals surface area contributed by atoms with Gasteiger partial charge in [-0.3, -0.25) is 9.48 Å². The fourth-order valence-corrected chi connectivity index (χ4v) is 2.63. The van der Waals surface area contributed by atoms with Crippen LogP contribution in [-0.4, -0.2) is 15.7 Å². The van der Waals surface area contributed by atoms with Crippen molar-refractivity contribution < 1.29 is 9.21 Å². The average Bonchev–Trinajstić information content (AvgIpc) is 2.76. The van der Waals surface area contributed by atoms with Gasteiger partial charge in [-0.05, 0) is 31.9 Å². The summed E-state index contributed by atoms with van der Waals surface area (Å²) in [6.45, 7) is 7.68. The second-order valence-electron chi connectivity index (χ2n) is 5.93. The molecule has 2 aromatic heterocycles. The highest BCUT2D eigenvalue weighted by Gasteiger charge is 2.20. The fourth-order valence-electron chi connectivity index (χ4n) is 2.63. The van der Waals surface area contributed by atoms with Crippen molar-refractivity contribution in [3.63, 3.8) is 0 Å². The summed E-state index contributed by atoms with van der Waals surface area (Å²) < 4.78 is 6.92. The quantitative estimate of drug-likeness (QED) is 0.919. The smallest absolute Gasteiger partial charge is 0.349 e. The number of nitrogens with one attached hydrogen (secondary N) is 1. The Balaban J connectivity index is 2.31. The van der Waals surface area contributed by atoms with E-state index >= 15 is 0 Å². The summed E-state index contributed by atoms with van der Waals surface area (Å²) in [6.07, 6.45) is 1.94. The molecule has 6 heteroatoms. The van der Waals surface area contributed by atoms with Gasteiger partial charge in [-0.2, -0.15) is 5.10 Å². The third-order valence-electron chi connectivity index (χ3n) is 3.85. The van der Waals surface area contributed by atoms with Gasteiger partial charge in [0.15, 0.2) is 0 Å².